The Labute approximate surface area is 249 Å². The van der Waals surface area contributed by atoms with E-state index >= 15 is 4.39 Å². The van der Waals surface area contributed by atoms with E-state index in [4.69, 9.17) is 9.72 Å². The fourth-order valence-electron chi connectivity index (χ4n) is 8.01. The van der Waals surface area contributed by atoms with E-state index in [1.54, 1.807) is 18.3 Å². The van der Waals surface area contributed by atoms with Crippen molar-refractivity contribution in [1.82, 2.24) is 25.2 Å². The fraction of sp³-hybridized carbons (Fsp3) is 0.455. The molecule has 8 rings (SSSR count). The summed E-state index contributed by atoms with van der Waals surface area (Å²) in [7, 11) is 0. The van der Waals surface area contributed by atoms with Crippen LogP contribution in [0.5, 0.6) is 11.8 Å². The van der Waals surface area contributed by atoms with Gasteiger partial charge in [0.1, 0.15) is 29.4 Å². The van der Waals surface area contributed by atoms with Crippen LogP contribution < -0.4 is 15.0 Å². The molecule has 4 fully saturated rings. The van der Waals surface area contributed by atoms with Crippen LogP contribution in [-0.4, -0.2) is 75.7 Å². The van der Waals surface area contributed by atoms with Gasteiger partial charge in [-0.3, -0.25) is 14.7 Å². The Morgan fingerprint density at radius 3 is 2.53 bits per heavy atom. The Kier molecular flexibility index (Phi) is 6.18. The SMILES string of the molecule is O=C1NCCC12CCN(c1nc(OCC34CCCN3CCC4)nc3c(F)c(-c4cc(O)cc5ccccc45)ncc13)CC2. The van der Waals surface area contributed by atoms with Gasteiger partial charge in [0.15, 0.2) is 5.82 Å². The van der Waals surface area contributed by atoms with E-state index < -0.39 is 5.82 Å². The van der Waals surface area contributed by atoms with E-state index in [0.717, 1.165) is 56.0 Å². The number of rotatable bonds is 5. The second-order valence-corrected chi connectivity index (χ2v) is 12.7. The molecule has 0 bridgehead atoms. The summed E-state index contributed by atoms with van der Waals surface area (Å²) in [4.78, 5) is 31.4. The Balaban J connectivity index is 1.22. The van der Waals surface area contributed by atoms with Crippen molar-refractivity contribution < 1.29 is 19.0 Å². The molecular formula is C33H35FN6O3. The van der Waals surface area contributed by atoms with Crippen molar-refractivity contribution in [3.63, 3.8) is 0 Å². The molecule has 0 unspecified atom stereocenters. The number of aromatic hydroxyl groups is 1. The minimum absolute atomic E-state index is 0.00570. The first-order valence-electron chi connectivity index (χ1n) is 15.4. The number of ether oxygens (including phenoxy) is 1. The highest BCUT2D eigenvalue weighted by atomic mass is 19.1. The number of pyridine rings is 1. The second-order valence-electron chi connectivity index (χ2n) is 12.7. The van der Waals surface area contributed by atoms with Gasteiger partial charge in [-0.2, -0.15) is 9.97 Å². The zero-order chi connectivity index (χ0) is 29.2. The van der Waals surface area contributed by atoms with Crippen LogP contribution in [0.15, 0.2) is 42.6 Å². The lowest BCUT2D eigenvalue weighted by Gasteiger charge is -2.38. The average molecular weight is 583 g/mol. The number of amides is 1. The summed E-state index contributed by atoms with van der Waals surface area (Å²) in [5.41, 5.74) is 0.416. The van der Waals surface area contributed by atoms with Crippen LogP contribution in [0.25, 0.3) is 32.9 Å². The molecule has 0 aliphatic carbocycles. The van der Waals surface area contributed by atoms with Crippen LogP contribution in [0.3, 0.4) is 0 Å². The predicted octanol–water partition coefficient (Wildman–Crippen LogP) is 4.80. The van der Waals surface area contributed by atoms with E-state index in [9.17, 15) is 9.90 Å². The number of hydrogen-bond donors (Lipinski definition) is 2. The van der Waals surface area contributed by atoms with Gasteiger partial charge in [-0.25, -0.2) is 4.39 Å². The molecule has 0 radical (unpaired) electrons. The van der Waals surface area contributed by atoms with E-state index in [2.05, 4.69) is 25.1 Å². The van der Waals surface area contributed by atoms with E-state index in [-0.39, 0.29) is 39.8 Å². The third-order valence-corrected chi connectivity index (χ3v) is 10.4. The maximum atomic E-state index is 16.6. The van der Waals surface area contributed by atoms with Gasteiger partial charge in [0.05, 0.1) is 16.3 Å². The lowest BCUT2D eigenvalue weighted by atomic mass is 9.77. The molecule has 4 saturated heterocycles. The summed E-state index contributed by atoms with van der Waals surface area (Å²) >= 11 is 0. The first kappa shape index (κ1) is 26.6. The Bertz CT molecular complexity index is 1740. The number of anilines is 1. The van der Waals surface area contributed by atoms with Crippen LogP contribution in [-0.2, 0) is 4.79 Å². The Morgan fingerprint density at radius 1 is 0.977 bits per heavy atom. The first-order valence-corrected chi connectivity index (χ1v) is 15.4. The Morgan fingerprint density at radius 2 is 1.77 bits per heavy atom. The molecule has 10 heteroatoms. The molecule has 2 N–H and O–H groups in total. The van der Waals surface area contributed by atoms with Crippen molar-refractivity contribution in [2.45, 2.75) is 50.5 Å². The number of piperidine rings is 1. The van der Waals surface area contributed by atoms with Gasteiger partial charge < -0.3 is 20.1 Å². The molecule has 1 spiro atoms. The highest BCUT2D eigenvalue weighted by Gasteiger charge is 2.46. The lowest BCUT2D eigenvalue weighted by Crippen LogP contribution is -2.44. The van der Waals surface area contributed by atoms with Gasteiger partial charge in [-0.15, -0.1) is 0 Å². The summed E-state index contributed by atoms with van der Waals surface area (Å²) in [5, 5.41) is 15.5. The van der Waals surface area contributed by atoms with Gasteiger partial charge in [-0.05, 0) is 80.9 Å². The molecule has 1 amide bonds. The predicted molar refractivity (Wildman–Crippen MR) is 162 cm³/mol. The van der Waals surface area contributed by atoms with Crippen molar-refractivity contribution >= 4 is 33.4 Å². The van der Waals surface area contributed by atoms with Crippen LogP contribution in [0.4, 0.5) is 10.2 Å². The number of fused-ring (bicyclic) bond motifs is 3. The molecule has 2 aromatic carbocycles. The topological polar surface area (TPSA) is 104 Å². The molecular weight excluding hydrogens is 547 g/mol. The maximum Gasteiger partial charge on any atom is 0.319 e. The summed E-state index contributed by atoms with van der Waals surface area (Å²) in [6, 6.07) is 10.9. The van der Waals surface area contributed by atoms with Crippen molar-refractivity contribution in [2.75, 3.05) is 44.2 Å². The van der Waals surface area contributed by atoms with E-state index in [1.807, 2.05) is 24.3 Å². The summed E-state index contributed by atoms with van der Waals surface area (Å²) in [6.07, 6.45) is 8.36. The maximum absolute atomic E-state index is 16.6. The van der Waals surface area contributed by atoms with Gasteiger partial charge in [0.25, 0.3) is 0 Å². The normalized spacial score (nSPS) is 21.1. The molecule has 0 atom stereocenters. The number of nitrogens with one attached hydrogen (secondary N) is 1. The zero-order valence-corrected chi connectivity index (χ0v) is 24.1. The Hall–Kier alpha value is -4.05. The second kappa shape index (κ2) is 10.0. The number of nitrogens with zero attached hydrogens (tertiary/aromatic N) is 5. The number of phenols is 1. The molecule has 4 aliphatic heterocycles. The van der Waals surface area contributed by atoms with Crippen molar-refractivity contribution in [2.24, 2.45) is 5.41 Å². The quantitative estimate of drug-likeness (QED) is 0.346. The first-order chi connectivity index (χ1) is 20.9. The van der Waals surface area contributed by atoms with Crippen LogP contribution in [0, 0.1) is 11.2 Å². The van der Waals surface area contributed by atoms with Crippen molar-refractivity contribution in [1.29, 1.82) is 0 Å². The largest absolute Gasteiger partial charge is 0.508 e. The van der Waals surface area contributed by atoms with Crippen LogP contribution >= 0.6 is 0 Å². The smallest absolute Gasteiger partial charge is 0.319 e. The van der Waals surface area contributed by atoms with Gasteiger partial charge >= 0.3 is 6.01 Å². The number of carbonyl (C=O) groups is 1. The number of hydrogen-bond acceptors (Lipinski definition) is 8. The van der Waals surface area contributed by atoms with Gasteiger partial charge in [0, 0.05) is 31.4 Å². The number of halogens is 1. The number of phenolic OH excluding ortho intramolecular Hbond substituents is 1. The molecule has 4 aromatic rings. The molecule has 4 aliphatic rings. The molecule has 9 nitrogen and oxygen atoms in total. The number of aromatic nitrogens is 3. The van der Waals surface area contributed by atoms with Gasteiger partial charge in [-0.1, -0.05) is 24.3 Å². The van der Waals surface area contributed by atoms with Crippen molar-refractivity contribution in [3.8, 4) is 23.0 Å². The third-order valence-electron chi connectivity index (χ3n) is 10.4. The molecule has 6 heterocycles. The van der Waals surface area contributed by atoms with E-state index in [1.165, 1.54) is 0 Å². The summed E-state index contributed by atoms with van der Waals surface area (Å²) in [6.45, 7) is 4.59. The summed E-state index contributed by atoms with van der Waals surface area (Å²) in [5.74, 6) is 0.181. The molecule has 0 saturated carbocycles. The minimum atomic E-state index is -0.577. The number of benzene rings is 2. The third kappa shape index (κ3) is 4.29. The molecule has 43 heavy (non-hydrogen) atoms. The summed E-state index contributed by atoms with van der Waals surface area (Å²) < 4.78 is 23.0. The van der Waals surface area contributed by atoms with Gasteiger partial charge in [0.2, 0.25) is 5.91 Å². The highest BCUT2D eigenvalue weighted by Crippen LogP contribution is 2.42. The molecule has 222 valence electrons. The average Bonchev–Trinajstić information content (AvgIpc) is 3.71. The minimum Gasteiger partial charge on any atom is -0.508 e. The lowest BCUT2D eigenvalue weighted by molar-refractivity contribution is -0.128. The van der Waals surface area contributed by atoms with E-state index in [0.29, 0.717) is 55.9 Å². The zero-order valence-electron chi connectivity index (χ0n) is 24.1. The molecule has 2 aromatic heterocycles. The van der Waals surface area contributed by atoms with Crippen LogP contribution in [0.2, 0.25) is 0 Å². The monoisotopic (exact) mass is 582 g/mol. The standard InChI is InChI=1S/C33H35FN6O3/c34-26-27(24-18-22(41)17-21-5-1-2-6-23(21)24)36-19-25-28(26)37-31(43-20-33-7-3-13-40(33)14-4-8-33)38-29(25)39-15-10-32(11-16-39)9-12-35-30(32)42/h1-2,5-6,17-19,41H,3-4,7-16,20H2,(H,35,42). The number of carbonyl (C=O) groups excluding carboxylic acids is 1. The van der Waals surface area contributed by atoms with Crippen molar-refractivity contribution in [3.05, 3.63) is 48.4 Å². The van der Waals surface area contributed by atoms with Crippen LogP contribution in [0.1, 0.15) is 44.9 Å². The fourth-order valence-corrected chi connectivity index (χ4v) is 8.01. The highest BCUT2D eigenvalue weighted by molar-refractivity contribution is 6.00.